The number of alkyl halides is 3. The van der Waals surface area contributed by atoms with E-state index in [2.05, 4.69) is 9.84 Å². The van der Waals surface area contributed by atoms with Crippen LogP contribution in [0.5, 0.6) is 0 Å². The number of hydrogen-bond donors (Lipinski definition) is 0. The summed E-state index contributed by atoms with van der Waals surface area (Å²) in [4.78, 5) is 11.8. The first-order valence-electron chi connectivity index (χ1n) is 7.37. The summed E-state index contributed by atoms with van der Waals surface area (Å²) in [6.45, 7) is 1.32. The first-order chi connectivity index (χ1) is 12.2. The summed E-state index contributed by atoms with van der Waals surface area (Å²) >= 11 is 0. The fourth-order valence-electron chi connectivity index (χ4n) is 2.58. The molecule has 0 atom stereocenters. The van der Waals surface area contributed by atoms with Crippen LogP contribution in [0, 0.1) is 11.0 Å². The zero-order chi connectivity index (χ0) is 19.1. The maximum Gasteiger partial charge on any atom is 0.434 e. The van der Waals surface area contributed by atoms with Gasteiger partial charge in [-0.3, -0.25) is 0 Å². The van der Waals surface area contributed by atoms with Crippen molar-refractivity contribution in [2.45, 2.75) is 20.5 Å². The molecule has 0 saturated heterocycles. The highest BCUT2D eigenvalue weighted by molar-refractivity contribution is 5.92. The van der Waals surface area contributed by atoms with Crippen molar-refractivity contribution in [2.24, 2.45) is 0 Å². The van der Waals surface area contributed by atoms with Crippen molar-refractivity contribution in [3.8, 4) is 5.69 Å². The van der Waals surface area contributed by atoms with Gasteiger partial charge in [-0.15, -0.1) is 0 Å². The number of carbonyl (C=O) groups excluding carboxylic acids is 1. The van der Waals surface area contributed by atoms with Crippen LogP contribution in [0.25, 0.3) is 16.5 Å². The minimum absolute atomic E-state index is 0. The third-order valence-corrected chi connectivity index (χ3v) is 3.60. The molecule has 2 aromatic heterocycles. The van der Waals surface area contributed by atoms with Crippen LogP contribution in [0.1, 0.15) is 30.4 Å². The van der Waals surface area contributed by atoms with E-state index in [1.807, 2.05) is 0 Å². The molecule has 0 aliphatic carbocycles. The Morgan fingerprint density at radius 3 is 2.63 bits per heavy atom. The average molecular weight is 385 g/mol. The van der Waals surface area contributed by atoms with Gasteiger partial charge in [-0.25, -0.2) is 13.9 Å². The maximum atomic E-state index is 14.0. The molecule has 0 bridgehead atoms. The lowest BCUT2D eigenvalue weighted by atomic mass is 10.1. The van der Waals surface area contributed by atoms with Gasteiger partial charge in [-0.05, 0) is 13.0 Å². The number of rotatable bonds is 3. The van der Waals surface area contributed by atoms with Crippen LogP contribution < -0.4 is 4.73 Å². The van der Waals surface area contributed by atoms with E-state index in [1.54, 1.807) is 0 Å². The van der Waals surface area contributed by atoms with Crippen LogP contribution in [-0.2, 0) is 10.9 Å². The van der Waals surface area contributed by atoms with Gasteiger partial charge < -0.3 is 9.94 Å². The highest BCUT2D eigenvalue weighted by atomic mass is 19.4. The summed E-state index contributed by atoms with van der Waals surface area (Å²) in [5.74, 6) is -1.98. The number of ether oxygens (including phenoxy) is 1. The quantitative estimate of drug-likeness (QED) is 0.299. The van der Waals surface area contributed by atoms with E-state index in [-0.39, 0.29) is 35.2 Å². The van der Waals surface area contributed by atoms with Crippen LogP contribution >= 0.6 is 0 Å². The molecule has 1 aromatic carbocycles. The topological polar surface area (TPSA) is 71.1 Å². The predicted octanol–water partition coefficient (Wildman–Crippen LogP) is 3.63. The van der Waals surface area contributed by atoms with E-state index in [0.29, 0.717) is 10.9 Å². The molecule has 0 N–H and O–H groups in total. The van der Waals surface area contributed by atoms with Gasteiger partial charge in [0.15, 0.2) is 11.9 Å². The van der Waals surface area contributed by atoms with Gasteiger partial charge in [-0.2, -0.15) is 23.0 Å². The largest absolute Gasteiger partial charge is 0.619 e. The molecule has 0 radical (unpaired) electrons. The normalized spacial score (nSPS) is 11.3. The minimum Gasteiger partial charge on any atom is -0.619 e. The molecular weight excluding hydrogens is 370 g/mol. The lowest BCUT2D eigenvalue weighted by Crippen LogP contribution is -2.27. The Balaban J connectivity index is 0.00000261. The number of halogens is 4. The molecule has 0 unspecified atom stereocenters. The van der Waals surface area contributed by atoms with Crippen LogP contribution in [0.3, 0.4) is 0 Å². The monoisotopic (exact) mass is 385 g/mol. The van der Waals surface area contributed by atoms with Crippen molar-refractivity contribution in [3.05, 3.63) is 59.1 Å². The molecule has 0 aliphatic rings. The fraction of sp³-hybridized carbons (Fsp3) is 0.235. The highest BCUT2D eigenvalue weighted by Crippen LogP contribution is 2.35. The van der Waals surface area contributed by atoms with Gasteiger partial charge in [-0.1, -0.05) is 19.6 Å². The first kappa shape index (κ1) is 20.1. The SMILES string of the molecule is C.CCOC(=O)c1cnn(-c2c[n+]([O-])cc3c(F)cccc23)c1C(F)(F)F. The van der Waals surface area contributed by atoms with E-state index in [0.717, 1.165) is 18.5 Å². The third kappa shape index (κ3) is 3.55. The summed E-state index contributed by atoms with van der Waals surface area (Å²) in [5.41, 5.74) is -2.53. The van der Waals surface area contributed by atoms with Crippen LogP contribution in [0.4, 0.5) is 17.6 Å². The zero-order valence-corrected chi connectivity index (χ0v) is 13.2. The highest BCUT2D eigenvalue weighted by Gasteiger charge is 2.41. The van der Waals surface area contributed by atoms with Gasteiger partial charge in [0.1, 0.15) is 17.1 Å². The molecule has 10 heteroatoms. The Bertz CT molecular complexity index is 999. The van der Waals surface area contributed by atoms with Crippen LogP contribution in [0.2, 0.25) is 0 Å². The van der Waals surface area contributed by atoms with E-state index >= 15 is 0 Å². The van der Waals surface area contributed by atoms with E-state index in [1.165, 1.54) is 19.1 Å². The van der Waals surface area contributed by atoms with E-state index < -0.39 is 29.2 Å². The Labute approximate surface area is 151 Å². The number of benzene rings is 1. The molecule has 0 amide bonds. The zero-order valence-electron chi connectivity index (χ0n) is 13.2. The second kappa shape index (κ2) is 7.22. The second-order valence-electron chi connectivity index (χ2n) is 5.24. The maximum absolute atomic E-state index is 14.0. The third-order valence-electron chi connectivity index (χ3n) is 3.60. The van der Waals surface area contributed by atoms with E-state index in [9.17, 15) is 27.6 Å². The van der Waals surface area contributed by atoms with Gasteiger partial charge in [0.2, 0.25) is 6.20 Å². The van der Waals surface area contributed by atoms with Crippen molar-refractivity contribution in [3.63, 3.8) is 0 Å². The van der Waals surface area contributed by atoms with Crippen LogP contribution in [-0.4, -0.2) is 22.4 Å². The molecule has 0 aliphatic heterocycles. The number of fused-ring (bicyclic) bond motifs is 1. The summed E-state index contributed by atoms with van der Waals surface area (Å²) in [7, 11) is 0. The number of carbonyl (C=O) groups is 1. The van der Waals surface area contributed by atoms with E-state index in [4.69, 9.17) is 0 Å². The molecule has 2 heterocycles. The molecule has 0 spiro atoms. The predicted molar refractivity (Wildman–Crippen MR) is 87.7 cm³/mol. The van der Waals surface area contributed by atoms with Crippen molar-refractivity contribution in [1.82, 2.24) is 9.78 Å². The smallest absolute Gasteiger partial charge is 0.434 e. The summed E-state index contributed by atoms with van der Waals surface area (Å²) < 4.78 is 59.9. The lowest BCUT2D eigenvalue weighted by Gasteiger charge is -2.13. The van der Waals surface area contributed by atoms with Gasteiger partial charge in [0.05, 0.1) is 18.2 Å². The molecular formula is C17H15F4N3O3. The Morgan fingerprint density at radius 1 is 1.30 bits per heavy atom. The Hall–Kier alpha value is -3.17. The van der Waals surface area contributed by atoms with Gasteiger partial charge >= 0.3 is 12.1 Å². The standard InChI is InChI=1S/C16H11F4N3O3.CH4/c1-2-26-15(24)10-6-21-23(14(10)16(18,19)20)13-8-22(25)7-11-9(13)4-3-5-12(11)17;/h3-8H,2H2,1H3;1H4. The van der Waals surface area contributed by atoms with Gasteiger partial charge in [0.25, 0.3) is 0 Å². The molecule has 27 heavy (non-hydrogen) atoms. The summed E-state index contributed by atoms with van der Waals surface area (Å²) in [6.07, 6.45) is -2.55. The fourth-order valence-corrected chi connectivity index (χ4v) is 2.58. The Morgan fingerprint density at radius 2 is 2.00 bits per heavy atom. The molecule has 3 aromatic rings. The lowest BCUT2D eigenvalue weighted by molar-refractivity contribution is -0.603. The summed E-state index contributed by atoms with van der Waals surface area (Å²) in [6, 6.07) is 3.71. The molecule has 0 saturated carbocycles. The van der Waals surface area contributed by atoms with Crippen molar-refractivity contribution in [2.75, 3.05) is 6.61 Å². The number of esters is 1. The van der Waals surface area contributed by atoms with Crippen molar-refractivity contribution >= 4 is 16.7 Å². The average Bonchev–Trinajstić information content (AvgIpc) is 3.00. The first-order valence-corrected chi connectivity index (χ1v) is 7.37. The van der Waals surface area contributed by atoms with Crippen molar-refractivity contribution < 1.29 is 31.8 Å². The molecule has 144 valence electrons. The van der Waals surface area contributed by atoms with Crippen molar-refractivity contribution in [1.29, 1.82) is 0 Å². The number of aromatic nitrogens is 3. The number of pyridine rings is 1. The van der Waals surface area contributed by atoms with Gasteiger partial charge in [0, 0.05) is 5.39 Å². The minimum atomic E-state index is -4.97. The van der Waals surface area contributed by atoms with Crippen LogP contribution in [0.15, 0.2) is 36.8 Å². The molecule has 0 fully saturated rings. The number of hydrogen-bond acceptors (Lipinski definition) is 4. The molecule has 3 rings (SSSR count). The second-order valence-corrected chi connectivity index (χ2v) is 5.24. The number of nitrogens with zero attached hydrogens (tertiary/aromatic N) is 3. The molecule has 6 nitrogen and oxygen atoms in total. The summed E-state index contributed by atoms with van der Waals surface area (Å²) in [5, 5.41) is 15.2. The Kier molecular flexibility index (Phi) is 5.38.